The van der Waals surface area contributed by atoms with Crippen LogP contribution >= 0.6 is 11.6 Å². The van der Waals surface area contributed by atoms with Gasteiger partial charge in [0, 0.05) is 17.1 Å². The first kappa shape index (κ1) is 17.5. The molecule has 0 atom stereocenters. The zero-order valence-corrected chi connectivity index (χ0v) is 14.5. The van der Waals surface area contributed by atoms with Gasteiger partial charge in [-0.25, -0.2) is 13.1 Å². The van der Waals surface area contributed by atoms with Crippen LogP contribution in [0, 0.1) is 5.92 Å². The van der Waals surface area contributed by atoms with Crippen molar-refractivity contribution in [3.05, 3.63) is 23.2 Å². The second-order valence-electron chi connectivity index (χ2n) is 6.51. The minimum Gasteiger partial charge on any atom is -0.492 e. The van der Waals surface area contributed by atoms with Crippen LogP contribution in [0.25, 0.3) is 0 Å². The maximum atomic E-state index is 12.5. The third-order valence-electron chi connectivity index (χ3n) is 3.61. The van der Waals surface area contributed by atoms with Crippen molar-refractivity contribution in [2.24, 2.45) is 11.7 Å². The van der Waals surface area contributed by atoms with E-state index in [1.807, 2.05) is 0 Å². The number of hydrogen-bond acceptors (Lipinski definition) is 4. The number of ether oxygens (including phenoxy) is 1. The average Bonchev–Trinajstić information content (AvgIpc) is 2.35. The summed E-state index contributed by atoms with van der Waals surface area (Å²) in [5, 5.41) is 0.350. The fraction of sp³-hybridized carbons (Fsp3) is 0.600. The highest BCUT2D eigenvalue weighted by atomic mass is 35.5. The molecule has 5 nitrogen and oxygen atoms in total. The zero-order chi connectivity index (χ0) is 16.4. The van der Waals surface area contributed by atoms with Crippen molar-refractivity contribution in [3.63, 3.8) is 0 Å². The summed E-state index contributed by atoms with van der Waals surface area (Å²) in [6, 6.07) is 4.64. The van der Waals surface area contributed by atoms with E-state index in [1.54, 1.807) is 26.0 Å². The molecule has 0 aromatic heterocycles. The van der Waals surface area contributed by atoms with Crippen molar-refractivity contribution < 1.29 is 13.2 Å². The molecular weight excluding hydrogens is 324 g/mol. The van der Waals surface area contributed by atoms with E-state index in [-0.39, 0.29) is 11.4 Å². The largest absolute Gasteiger partial charge is 0.492 e. The Labute approximate surface area is 137 Å². The summed E-state index contributed by atoms with van der Waals surface area (Å²) >= 11 is 5.94. The van der Waals surface area contributed by atoms with Crippen molar-refractivity contribution in [1.82, 2.24) is 4.72 Å². The van der Waals surface area contributed by atoms with Crippen LogP contribution in [-0.4, -0.2) is 27.1 Å². The predicted molar refractivity (Wildman–Crippen MR) is 87.7 cm³/mol. The monoisotopic (exact) mass is 346 g/mol. The van der Waals surface area contributed by atoms with Gasteiger partial charge in [-0.2, -0.15) is 0 Å². The number of halogens is 1. The molecule has 0 unspecified atom stereocenters. The normalized spacial score (nSPS) is 16.4. The third kappa shape index (κ3) is 4.84. The Morgan fingerprint density at radius 1 is 1.41 bits per heavy atom. The highest BCUT2D eigenvalue weighted by Gasteiger charge is 2.24. The van der Waals surface area contributed by atoms with Crippen molar-refractivity contribution in [3.8, 4) is 5.75 Å². The molecule has 0 saturated heterocycles. The molecule has 1 aromatic carbocycles. The molecule has 22 heavy (non-hydrogen) atoms. The molecule has 1 aliphatic rings. The standard InChI is InChI=1S/C15H23ClN2O3S/c1-15(2,17)10-18-22(19,20)14-8-12(16)6-7-13(14)21-9-11-4-3-5-11/h6-8,11,18H,3-5,9-10,17H2,1-2H3. The van der Waals surface area contributed by atoms with E-state index in [0.29, 0.717) is 23.3 Å². The fourth-order valence-electron chi connectivity index (χ4n) is 2.04. The summed E-state index contributed by atoms with van der Waals surface area (Å²) in [5.41, 5.74) is 5.19. The molecule has 124 valence electrons. The molecule has 1 aromatic rings. The van der Waals surface area contributed by atoms with Crippen LogP contribution in [0.2, 0.25) is 5.02 Å². The molecule has 0 spiro atoms. The summed E-state index contributed by atoms with van der Waals surface area (Å²) in [6.07, 6.45) is 3.48. The predicted octanol–water partition coefficient (Wildman–Crippen LogP) is 2.53. The lowest BCUT2D eigenvalue weighted by molar-refractivity contribution is 0.177. The Kier molecular flexibility index (Phi) is 5.37. The molecule has 0 radical (unpaired) electrons. The zero-order valence-electron chi connectivity index (χ0n) is 12.9. The van der Waals surface area contributed by atoms with Gasteiger partial charge in [-0.3, -0.25) is 0 Å². The first-order chi connectivity index (χ1) is 10.2. The van der Waals surface area contributed by atoms with E-state index in [9.17, 15) is 8.42 Å². The smallest absolute Gasteiger partial charge is 0.244 e. The summed E-state index contributed by atoms with van der Waals surface area (Å²) in [7, 11) is -3.72. The topological polar surface area (TPSA) is 81.4 Å². The molecule has 2 rings (SSSR count). The maximum Gasteiger partial charge on any atom is 0.244 e. The van der Waals surface area contributed by atoms with Gasteiger partial charge in [-0.05, 0) is 50.8 Å². The van der Waals surface area contributed by atoms with Crippen LogP contribution in [0.3, 0.4) is 0 Å². The minimum absolute atomic E-state index is 0.0589. The SMILES string of the molecule is CC(C)(N)CNS(=O)(=O)c1cc(Cl)ccc1OCC1CCC1. The number of benzene rings is 1. The Balaban J connectivity index is 2.17. The highest BCUT2D eigenvalue weighted by Crippen LogP contribution is 2.31. The third-order valence-corrected chi connectivity index (χ3v) is 5.27. The summed E-state index contributed by atoms with van der Waals surface area (Å²) in [6.45, 7) is 4.17. The molecule has 0 amide bonds. The van der Waals surface area contributed by atoms with Crippen molar-refractivity contribution in [2.75, 3.05) is 13.2 Å². The Morgan fingerprint density at radius 2 is 2.09 bits per heavy atom. The van der Waals surface area contributed by atoms with Crippen molar-refractivity contribution in [1.29, 1.82) is 0 Å². The molecule has 7 heteroatoms. The second-order valence-corrected chi connectivity index (χ2v) is 8.68. The Bertz CT molecular complexity index is 622. The van der Waals surface area contributed by atoms with Crippen LogP contribution in [-0.2, 0) is 10.0 Å². The van der Waals surface area contributed by atoms with E-state index in [1.165, 1.54) is 12.5 Å². The molecule has 1 fully saturated rings. The van der Waals surface area contributed by atoms with Gasteiger partial charge in [0.25, 0.3) is 0 Å². The van der Waals surface area contributed by atoms with Crippen LogP contribution in [0.1, 0.15) is 33.1 Å². The molecule has 1 aliphatic carbocycles. The van der Waals surface area contributed by atoms with Gasteiger partial charge in [0.15, 0.2) is 0 Å². The van der Waals surface area contributed by atoms with Crippen molar-refractivity contribution in [2.45, 2.75) is 43.5 Å². The van der Waals surface area contributed by atoms with Crippen LogP contribution in [0.15, 0.2) is 23.1 Å². The maximum absolute atomic E-state index is 12.5. The van der Waals surface area contributed by atoms with E-state index in [4.69, 9.17) is 22.1 Å². The fourth-order valence-corrected chi connectivity index (χ4v) is 3.67. The lowest BCUT2D eigenvalue weighted by Crippen LogP contribution is -2.45. The van der Waals surface area contributed by atoms with Gasteiger partial charge in [0.05, 0.1) is 6.61 Å². The summed E-state index contributed by atoms with van der Waals surface area (Å²) in [5.74, 6) is 0.848. The number of nitrogens with two attached hydrogens (primary N) is 1. The molecule has 3 N–H and O–H groups in total. The Morgan fingerprint density at radius 3 is 2.64 bits per heavy atom. The number of nitrogens with one attached hydrogen (secondary N) is 1. The van der Waals surface area contributed by atoms with E-state index < -0.39 is 15.6 Å². The van der Waals surface area contributed by atoms with Crippen LogP contribution in [0.5, 0.6) is 5.75 Å². The van der Waals surface area contributed by atoms with Gasteiger partial charge < -0.3 is 10.5 Å². The quantitative estimate of drug-likeness (QED) is 0.794. The molecule has 1 saturated carbocycles. The number of hydrogen-bond donors (Lipinski definition) is 2. The average molecular weight is 347 g/mol. The number of sulfonamides is 1. The summed E-state index contributed by atoms with van der Waals surface area (Å²) in [4.78, 5) is 0.0589. The second kappa shape index (κ2) is 6.74. The Hall–Kier alpha value is -0.820. The van der Waals surface area contributed by atoms with Gasteiger partial charge in [-0.15, -0.1) is 0 Å². The highest BCUT2D eigenvalue weighted by molar-refractivity contribution is 7.89. The van der Waals surface area contributed by atoms with Gasteiger partial charge in [0.1, 0.15) is 10.6 Å². The van der Waals surface area contributed by atoms with Gasteiger partial charge in [-0.1, -0.05) is 18.0 Å². The molecule has 0 aliphatic heterocycles. The van der Waals surface area contributed by atoms with Crippen LogP contribution < -0.4 is 15.2 Å². The number of rotatable bonds is 7. The van der Waals surface area contributed by atoms with Gasteiger partial charge >= 0.3 is 0 Å². The lowest BCUT2D eigenvalue weighted by Gasteiger charge is -2.26. The summed E-state index contributed by atoms with van der Waals surface area (Å²) < 4.78 is 33.2. The minimum atomic E-state index is -3.72. The molecule has 0 bridgehead atoms. The van der Waals surface area contributed by atoms with Crippen LogP contribution in [0.4, 0.5) is 0 Å². The van der Waals surface area contributed by atoms with Gasteiger partial charge in [0.2, 0.25) is 10.0 Å². The van der Waals surface area contributed by atoms with E-state index >= 15 is 0 Å². The van der Waals surface area contributed by atoms with Crippen molar-refractivity contribution >= 4 is 21.6 Å². The first-order valence-corrected chi connectivity index (χ1v) is 9.24. The molecule has 0 heterocycles. The van der Waals surface area contributed by atoms with E-state index in [0.717, 1.165) is 12.8 Å². The van der Waals surface area contributed by atoms with E-state index in [2.05, 4.69) is 4.72 Å². The molecular formula is C15H23ClN2O3S. The first-order valence-electron chi connectivity index (χ1n) is 7.38. The lowest BCUT2D eigenvalue weighted by atomic mass is 9.86.